The number of para-hydroxylation sites is 5. The summed E-state index contributed by atoms with van der Waals surface area (Å²) < 4.78 is 9.76. The molecule has 0 saturated heterocycles. The second-order valence-corrected chi connectivity index (χ2v) is 26.2. The van der Waals surface area contributed by atoms with Gasteiger partial charge in [-0.3, -0.25) is 4.57 Å². The summed E-state index contributed by atoms with van der Waals surface area (Å²) in [7, 11) is -3.09. The van der Waals surface area contributed by atoms with Gasteiger partial charge in [-0.05, 0) is 128 Å². The van der Waals surface area contributed by atoms with Crippen LogP contribution in [-0.4, -0.2) is 31.3 Å². The number of hydrogen-bond acceptors (Lipinski definition) is 2. The van der Waals surface area contributed by atoms with E-state index in [1.165, 1.54) is 97.5 Å². The Balaban J connectivity index is 0.897. The third-order valence-corrected chi connectivity index (χ3v) is 22.9. The fourth-order valence-electron chi connectivity index (χ4n) is 13.7. The maximum atomic E-state index is 5.13. The fraction of sp³-hybridized carbons (Fsp3) is 0.0135. The smallest absolute Gasteiger partial charge is 0.179 e. The third-order valence-electron chi connectivity index (χ3n) is 17.2. The highest BCUT2D eigenvalue weighted by Gasteiger charge is 2.42. The quantitative estimate of drug-likeness (QED) is 0.112. The number of fused-ring (bicyclic) bond motifs is 14. The second-order valence-electron chi connectivity index (χ2n) is 21.4. The van der Waals surface area contributed by atoms with Crippen molar-refractivity contribution in [2.24, 2.45) is 0 Å². The van der Waals surface area contributed by atoms with Crippen molar-refractivity contribution in [1.29, 1.82) is 0 Å². The zero-order valence-corrected chi connectivity index (χ0v) is 45.8. The lowest BCUT2D eigenvalue weighted by atomic mass is 10.0. The highest BCUT2D eigenvalue weighted by Crippen LogP contribution is 2.41. The number of thioether (sulfide) groups is 1. The standard InChI is InChI=1S/C74H49N5SSi/c1-3-22-55(23-4-1)81(56-24-5-2-6-25-56,57-26-17-20-49(43-57)50-37-40-65-73(44-50)79-66-32-12-7-19-51(66)48-80-74(79)75-65)58-27-18-21-52(45-58)76-71-41-38-53(77-67-33-13-8-28-59(67)60-29-9-14-34-68(60)77)46-63(71)64-47-54(39-42-72(64)76)78-69-35-15-10-30-61(69)62-31-11-16-36-70(62)78/h1-47H,48H2. The largest absolute Gasteiger partial charge is 0.309 e. The van der Waals surface area contributed by atoms with Crippen molar-refractivity contribution in [1.82, 2.24) is 23.3 Å². The van der Waals surface area contributed by atoms with Crippen LogP contribution in [0.1, 0.15) is 5.56 Å². The Morgan fingerprint density at radius 3 is 1.31 bits per heavy atom. The minimum Gasteiger partial charge on any atom is -0.309 e. The van der Waals surface area contributed by atoms with Gasteiger partial charge in [-0.2, -0.15) is 0 Å². The molecule has 5 nitrogen and oxygen atoms in total. The van der Waals surface area contributed by atoms with Crippen LogP contribution in [0.25, 0.3) is 110 Å². The number of nitrogens with zero attached hydrogens (tertiary/aromatic N) is 5. The zero-order chi connectivity index (χ0) is 53.2. The van der Waals surface area contributed by atoms with Gasteiger partial charge in [0, 0.05) is 55.1 Å². The molecule has 16 aromatic rings. The maximum absolute atomic E-state index is 5.13. The van der Waals surface area contributed by atoms with Crippen molar-refractivity contribution >= 4 is 117 Å². The topological polar surface area (TPSA) is 32.6 Å². The van der Waals surface area contributed by atoms with E-state index in [9.17, 15) is 0 Å². The van der Waals surface area contributed by atoms with Crippen molar-refractivity contribution in [3.05, 3.63) is 291 Å². The Hall–Kier alpha value is -9.92. The Bertz CT molecular complexity index is 4880. The van der Waals surface area contributed by atoms with Crippen LogP contribution in [0.3, 0.4) is 0 Å². The van der Waals surface area contributed by atoms with Gasteiger partial charge in [0.15, 0.2) is 13.2 Å². The number of rotatable bonds is 8. The molecule has 0 N–H and O–H groups in total. The van der Waals surface area contributed by atoms with Crippen LogP contribution in [0, 0.1) is 0 Å². The van der Waals surface area contributed by atoms with Gasteiger partial charge in [-0.15, -0.1) is 0 Å². The molecule has 0 saturated carbocycles. The lowest BCUT2D eigenvalue weighted by molar-refractivity contribution is 0.894. The highest BCUT2D eigenvalue weighted by molar-refractivity contribution is 7.98. The normalized spacial score (nSPS) is 12.6. The van der Waals surface area contributed by atoms with E-state index in [-0.39, 0.29) is 0 Å². The van der Waals surface area contributed by atoms with Crippen LogP contribution in [0.4, 0.5) is 0 Å². The van der Waals surface area contributed by atoms with E-state index in [2.05, 4.69) is 303 Å². The third kappa shape index (κ3) is 6.89. The van der Waals surface area contributed by atoms with Crippen molar-refractivity contribution in [2.45, 2.75) is 10.9 Å². The molecule has 0 amide bonds. The molecule has 0 aliphatic carbocycles. The number of hydrogen-bond donors (Lipinski definition) is 0. The van der Waals surface area contributed by atoms with E-state index in [4.69, 9.17) is 4.98 Å². The molecule has 17 rings (SSSR count). The zero-order valence-electron chi connectivity index (χ0n) is 44.0. The van der Waals surface area contributed by atoms with Crippen molar-refractivity contribution in [3.8, 4) is 33.9 Å². The van der Waals surface area contributed by atoms with E-state index in [0.717, 1.165) is 50.0 Å². The predicted octanol–water partition coefficient (Wildman–Crippen LogP) is 16.0. The van der Waals surface area contributed by atoms with Crippen LogP contribution in [-0.2, 0) is 5.75 Å². The van der Waals surface area contributed by atoms with Crippen LogP contribution in [0.2, 0.25) is 0 Å². The highest BCUT2D eigenvalue weighted by atomic mass is 32.2. The summed E-state index contributed by atoms with van der Waals surface area (Å²) in [5.41, 5.74) is 17.5. The Morgan fingerprint density at radius 2 is 0.741 bits per heavy atom. The van der Waals surface area contributed by atoms with Crippen molar-refractivity contribution in [2.75, 3.05) is 0 Å². The molecule has 0 unspecified atom stereocenters. The van der Waals surface area contributed by atoms with Gasteiger partial charge in [0.2, 0.25) is 0 Å². The van der Waals surface area contributed by atoms with E-state index in [1.54, 1.807) is 0 Å². The fourth-order valence-corrected chi connectivity index (χ4v) is 19.5. The van der Waals surface area contributed by atoms with Gasteiger partial charge < -0.3 is 13.7 Å². The molecule has 12 aromatic carbocycles. The number of imidazole rings is 1. The average molecular weight is 1070 g/mol. The molecule has 0 atom stereocenters. The molecule has 1 aliphatic rings. The van der Waals surface area contributed by atoms with Gasteiger partial charge in [0.1, 0.15) is 0 Å². The average Bonchev–Trinajstić information content (AvgIpc) is 4.51. The summed E-state index contributed by atoms with van der Waals surface area (Å²) in [6.45, 7) is 0. The lowest BCUT2D eigenvalue weighted by Gasteiger charge is -2.35. The molecule has 0 bridgehead atoms. The van der Waals surface area contributed by atoms with Gasteiger partial charge in [-0.1, -0.05) is 206 Å². The molecular formula is C74H49N5SSi. The van der Waals surface area contributed by atoms with E-state index < -0.39 is 8.07 Å². The lowest BCUT2D eigenvalue weighted by Crippen LogP contribution is -2.74. The summed E-state index contributed by atoms with van der Waals surface area (Å²) in [4.78, 5) is 5.13. The summed E-state index contributed by atoms with van der Waals surface area (Å²) >= 11 is 1.81. The molecule has 0 fully saturated rings. The van der Waals surface area contributed by atoms with Gasteiger partial charge in [0.05, 0.1) is 49.8 Å². The summed E-state index contributed by atoms with van der Waals surface area (Å²) in [5.74, 6) is 0.924. The van der Waals surface area contributed by atoms with Crippen LogP contribution >= 0.6 is 11.8 Å². The van der Waals surface area contributed by atoms with E-state index in [0.29, 0.717) is 0 Å². The molecule has 0 spiro atoms. The van der Waals surface area contributed by atoms with Gasteiger partial charge in [-0.25, -0.2) is 4.98 Å². The molecule has 4 aromatic heterocycles. The van der Waals surface area contributed by atoms with E-state index in [1.807, 2.05) is 11.8 Å². The summed E-state index contributed by atoms with van der Waals surface area (Å²) in [6, 6.07) is 107. The number of benzene rings is 12. The molecule has 7 heteroatoms. The Morgan fingerprint density at radius 1 is 0.296 bits per heavy atom. The minimum atomic E-state index is -3.09. The van der Waals surface area contributed by atoms with Crippen LogP contribution in [0.5, 0.6) is 0 Å². The van der Waals surface area contributed by atoms with E-state index >= 15 is 0 Å². The van der Waals surface area contributed by atoms with Crippen molar-refractivity contribution in [3.63, 3.8) is 0 Å². The summed E-state index contributed by atoms with van der Waals surface area (Å²) in [6.07, 6.45) is 0. The monoisotopic (exact) mass is 1070 g/mol. The molecule has 380 valence electrons. The molecule has 5 heterocycles. The Kier molecular flexibility index (Phi) is 10.3. The van der Waals surface area contributed by atoms with Gasteiger partial charge >= 0.3 is 0 Å². The SMILES string of the molecule is c1ccc([Si](c2ccccc2)(c2cccc(-c3ccc4nc5n(c4c3)-c3ccccc3CS5)c2)c2cccc(-n3c4ccc(-n5c6ccccc6c6ccccc65)cc4c4cc(-n5c6ccccc6c6ccccc65)ccc43)c2)cc1. The number of aromatic nitrogens is 5. The molecular weight excluding hydrogens is 1020 g/mol. The first-order chi connectivity index (χ1) is 40.2. The molecule has 81 heavy (non-hydrogen) atoms. The van der Waals surface area contributed by atoms with Crippen LogP contribution in [0.15, 0.2) is 290 Å². The maximum Gasteiger partial charge on any atom is 0.179 e. The first kappa shape index (κ1) is 46.0. The van der Waals surface area contributed by atoms with Crippen molar-refractivity contribution < 1.29 is 0 Å². The summed E-state index contributed by atoms with van der Waals surface area (Å²) in [5, 5.41) is 13.7. The minimum absolute atomic E-state index is 0.924. The molecule has 0 radical (unpaired) electrons. The molecule has 1 aliphatic heterocycles. The van der Waals surface area contributed by atoms with Crippen LogP contribution < -0.4 is 20.7 Å². The predicted molar refractivity (Wildman–Crippen MR) is 343 cm³/mol. The Labute approximate surface area is 472 Å². The second kappa shape index (κ2) is 18.1. The first-order valence-electron chi connectivity index (χ1n) is 27.8. The van der Waals surface area contributed by atoms with Gasteiger partial charge in [0.25, 0.3) is 0 Å². The first-order valence-corrected chi connectivity index (χ1v) is 30.8.